The smallest absolute Gasteiger partial charge is 0.120 e. The van der Waals surface area contributed by atoms with E-state index in [-0.39, 0.29) is 5.92 Å². The van der Waals surface area contributed by atoms with Gasteiger partial charge in [-0.15, -0.1) is 0 Å². The first-order valence-corrected chi connectivity index (χ1v) is 4.65. The molecule has 0 radical (unpaired) electrons. The van der Waals surface area contributed by atoms with Gasteiger partial charge in [0.25, 0.3) is 0 Å². The lowest BCUT2D eigenvalue weighted by molar-refractivity contribution is -0.108. The molecule has 1 atom stereocenters. The summed E-state index contributed by atoms with van der Waals surface area (Å²) in [5.41, 5.74) is 0. The summed E-state index contributed by atoms with van der Waals surface area (Å²) in [5, 5.41) is 0. The van der Waals surface area contributed by atoms with Crippen molar-refractivity contribution in [2.45, 2.75) is 33.1 Å². The molecule has 72 valence electrons. The lowest BCUT2D eigenvalue weighted by atomic mass is 9.91. The van der Waals surface area contributed by atoms with Crippen LogP contribution in [0.5, 0.6) is 0 Å². The lowest BCUT2D eigenvalue weighted by Gasteiger charge is -2.15. The molecule has 0 saturated carbocycles. The van der Waals surface area contributed by atoms with E-state index in [1.807, 2.05) is 19.1 Å². The summed E-state index contributed by atoms with van der Waals surface area (Å²) < 4.78 is 5.50. The third-order valence-corrected chi connectivity index (χ3v) is 2.28. The van der Waals surface area contributed by atoms with E-state index in [1.165, 1.54) is 0 Å². The molecule has 13 heavy (non-hydrogen) atoms. The second-order valence-electron chi connectivity index (χ2n) is 3.70. The van der Waals surface area contributed by atoms with Crippen LogP contribution < -0.4 is 0 Å². The average molecular weight is 180 g/mol. The molecule has 1 unspecified atom stereocenters. The van der Waals surface area contributed by atoms with Gasteiger partial charge in [-0.3, -0.25) is 0 Å². The van der Waals surface area contributed by atoms with Crippen molar-refractivity contribution >= 4 is 6.29 Å². The zero-order valence-corrected chi connectivity index (χ0v) is 8.41. The third-order valence-electron chi connectivity index (χ3n) is 2.28. The van der Waals surface area contributed by atoms with Crippen LogP contribution in [0.1, 0.15) is 37.7 Å². The standard InChI is InChI=1S/C11H16O2/c1-8(2)10(6-7-12)11-5-4-9(3)13-11/h4-5,7-8,10H,6H2,1-3H3. The molecule has 0 aromatic carbocycles. The monoisotopic (exact) mass is 180 g/mol. The van der Waals surface area contributed by atoms with Crippen LogP contribution in [-0.2, 0) is 4.79 Å². The molecule has 0 amide bonds. The lowest BCUT2D eigenvalue weighted by Crippen LogP contribution is -2.06. The van der Waals surface area contributed by atoms with Crippen molar-refractivity contribution in [1.82, 2.24) is 0 Å². The summed E-state index contributed by atoms with van der Waals surface area (Å²) >= 11 is 0. The summed E-state index contributed by atoms with van der Waals surface area (Å²) in [5.74, 6) is 2.51. The molecule has 1 rings (SSSR count). The van der Waals surface area contributed by atoms with Crippen molar-refractivity contribution < 1.29 is 9.21 Å². The van der Waals surface area contributed by atoms with E-state index in [1.54, 1.807) is 0 Å². The minimum Gasteiger partial charge on any atom is -0.466 e. The van der Waals surface area contributed by atoms with Gasteiger partial charge in [-0.1, -0.05) is 13.8 Å². The highest BCUT2D eigenvalue weighted by molar-refractivity contribution is 5.51. The van der Waals surface area contributed by atoms with E-state index < -0.39 is 0 Å². The first-order chi connectivity index (χ1) is 6.15. The fraction of sp³-hybridized carbons (Fsp3) is 0.545. The number of hydrogen-bond acceptors (Lipinski definition) is 2. The molecule has 0 N–H and O–H groups in total. The minimum atomic E-state index is 0.228. The molecule has 0 fully saturated rings. The number of aldehydes is 1. The molecule has 0 bridgehead atoms. The number of aryl methyl sites for hydroxylation is 1. The zero-order valence-electron chi connectivity index (χ0n) is 8.41. The number of hydrogen-bond donors (Lipinski definition) is 0. The molecule has 1 aromatic rings. The van der Waals surface area contributed by atoms with Crippen LogP contribution in [0.3, 0.4) is 0 Å². The molecule has 0 aliphatic carbocycles. The van der Waals surface area contributed by atoms with Crippen molar-refractivity contribution in [3.05, 3.63) is 23.7 Å². The summed E-state index contributed by atoms with van der Waals surface area (Å²) in [6.45, 7) is 6.12. The number of carbonyl (C=O) groups excluding carboxylic acids is 1. The highest BCUT2D eigenvalue weighted by Gasteiger charge is 2.18. The molecule has 1 heterocycles. The minimum absolute atomic E-state index is 0.228. The van der Waals surface area contributed by atoms with Gasteiger partial charge in [0.05, 0.1) is 0 Å². The molecule has 0 aliphatic rings. The summed E-state index contributed by atoms with van der Waals surface area (Å²) in [7, 11) is 0. The Kier molecular flexibility index (Phi) is 3.29. The Morgan fingerprint density at radius 3 is 2.54 bits per heavy atom. The van der Waals surface area contributed by atoms with Crippen molar-refractivity contribution in [3.63, 3.8) is 0 Å². The van der Waals surface area contributed by atoms with Crippen molar-refractivity contribution in [2.75, 3.05) is 0 Å². The summed E-state index contributed by atoms with van der Waals surface area (Å²) in [6, 6.07) is 3.90. The quantitative estimate of drug-likeness (QED) is 0.667. The predicted octanol–water partition coefficient (Wildman–Crippen LogP) is 2.92. The zero-order chi connectivity index (χ0) is 9.84. The van der Waals surface area contributed by atoms with Gasteiger partial charge < -0.3 is 9.21 Å². The fourth-order valence-electron chi connectivity index (χ4n) is 1.47. The SMILES string of the molecule is Cc1ccc(C(CC=O)C(C)C)o1. The van der Waals surface area contributed by atoms with Gasteiger partial charge in [-0.25, -0.2) is 0 Å². The van der Waals surface area contributed by atoms with Crippen LogP contribution in [0.4, 0.5) is 0 Å². The number of carbonyl (C=O) groups is 1. The highest BCUT2D eigenvalue weighted by atomic mass is 16.3. The molecule has 0 aliphatic heterocycles. The first kappa shape index (κ1) is 10.0. The Labute approximate surface area is 78.9 Å². The molecular formula is C11H16O2. The van der Waals surface area contributed by atoms with Crippen LogP contribution >= 0.6 is 0 Å². The second kappa shape index (κ2) is 4.26. The molecular weight excluding hydrogens is 164 g/mol. The average Bonchev–Trinajstić information content (AvgIpc) is 2.46. The third kappa shape index (κ3) is 2.44. The Bertz CT molecular complexity index is 273. The van der Waals surface area contributed by atoms with Crippen molar-refractivity contribution in [1.29, 1.82) is 0 Å². The Hall–Kier alpha value is -1.05. The number of rotatable bonds is 4. The van der Waals surface area contributed by atoms with Gasteiger partial charge in [-0.2, -0.15) is 0 Å². The van der Waals surface area contributed by atoms with Crippen molar-refractivity contribution in [2.24, 2.45) is 5.92 Å². The molecule has 2 nitrogen and oxygen atoms in total. The molecule has 0 spiro atoms. The van der Waals surface area contributed by atoms with E-state index in [4.69, 9.17) is 4.42 Å². The molecule has 0 saturated heterocycles. The summed E-state index contributed by atoms with van der Waals surface area (Å²) in [6.07, 6.45) is 1.51. The molecule has 1 aromatic heterocycles. The number of furan rings is 1. The van der Waals surface area contributed by atoms with Crippen molar-refractivity contribution in [3.8, 4) is 0 Å². The van der Waals surface area contributed by atoms with Gasteiger partial charge in [0, 0.05) is 12.3 Å². The predicted molar refractivity (Wildman–Crippen MR) is 51.7 cm³/mol. The van der Waals surface area contributed by atoms with E-state index in [2.05, 4.69) is 13.8 Å². The van der Waals surface area contributed by atoms with Gasteiger partial charge in [-0.05, 0) is 25.0 Å². The van der Waals surface area contributed by atoms with Gasteiger partial charge in [0.1, 0.15) is 17.8 Å². The van der Waals surface area contributed by atoms with Gasteiger partial charge >= 0.3 is 0 Å². The first-order valence-electron chi connectivity index (χ1n) is 4.65. The largest absolute Gasteiger partial charge is 0.466 e. The maximum Gasteiger partial charge on any atom is 0.120 e. The van der Waals surface area contributed by atoms with Crippen LogP contribution in [0.25, 0.3) is 0 Å². The Morgan fingerprint density at radius 2 is 2.15 bits per heavy atom. The van der Waals surface area contributed by atoms with Crippen LogP contribution in [-0.4, -0.2) is 6.29 Å². The van der Waals surface area contributed by atoms with Crippen LogP contribution in [0.15, 0.2) is 16.5 Å². The maximum atomic E-state index is 10.5. The normalized spacial score (nSPS) is 13.2. The van der Waals surface area contributed by atoms with Crippen LogP contribution in [0.2, 0.25) is 0 Å². The Balaban J connectivity index is 2.81. The topological polar surface area (TPSA) is 30.2 Å². The van der Waals surface area contributed by atoms with Crippen LogP contribution in [0, 0.1) is 12.8 Å². The van der Waals surface area contributed by atoms with E-state index in [9.17, 15) is 4.79 Å². The van der Waals surface area contributed by atoms with E-state index in [0.717, 1.165) is 17.8 Å². The van der Waals surface area contributed by atoms with E-state index in [0.29, 0.717) is 12.3 Å². The maximum absolute atomic E-state index is 10.5. The van der Waals surface area contributed by atoms with Gasteiger partial charge in [0.2, 0.25) is 0 Å². The van der Waals surface area contributed by atoms with Gasteiger partial charge in [0.15, 0.2) is 0 Å². The van der Waals surface area contributed by atoms with E-state index >= 15 is 0 Å². The fourth-order valence-corrected chi connectivity index (χ4v) is 1.47. The Morgan fingerprint density at radius 1 is 1.46 bits per heavy atom. The molecule has 2 heteroatoms. The highest BCUT2D eigenvalue weighted by Crippen LogP contribution is 2.28. The summed E-state index contributed by atoms with van der Waals surface area (Å²) in [4.78, 5) is 10.5. The second-order valence-corrected chi connectivity index (χ2v) is 3.70.